The van der Waals surface area contributed by atoms with Gasteiger partial charge in [0.2, 0.25) is 0 Å². The Kier molecular flexibility index (Phi) is 3.91. The summed E-state index contributed by atoms with van der Waals surface area (Å²) >= 11 is 5.95. The highest BCUT2D eigenvalue weighted by atomic mass is 35.5. The molecule has 0 amide bonds. The predicted octanol–water partition coefficient (Wildman–Crippen LogP) is 1.67. The lowest BCUT2D eigenvalue weighted by Gasteiger charge is -2.34. The van der Waals surface area contributed by atoms with Gasteiger partial charge in [0.15, 0.2) is 0 Å². The molecule has 2 heterocycles. The Morgan fingerprint density at radius 2 is 2.09 bits per heavy atom. The van der Waals surface area contributed by atoms with Gasteiger partial charge in [0.25, 0.3) is 0 Å². The van der Waals surface area contributed by atoms with Crippen LogP contribution < -0.4 is 0 Å². The number of nitrogens with zero attached hydrogens (tertiary/aromatic N) is 6. The summed E-state index contributed by atoms with van der Waals surface area (Å²) in [4.78, 5) is 3.92. The van der Waals surface area contributed by atoms with E-state index in [0.29, 0.717) is 5.02 Å². The van der Waals surface area contributed by atoms with E-state index in [1.165, 1.54) is 6.33 Å². The SMILES string of the molecule is C[C@@H](n1ccnn1)[C@](O)(Cn1cncn1)c1ccc(Cl)cc1. The standard InChI is InChI=1S/C14H15ClN6O/c1-11(21-7-6-17-19-21)14(22,8-20-10-16-9-18-20)12-2-4-13(15)5-3-12/h2-7,9-11,22H,8H2,1H3/t11-,14-/m1/s1. The Bertz CT molecular complexity index is 712. The van der Waals surface area contributed by atoms with Gasteiger partial charge in [-0.15, -0.1) is 5.10 Å². The summed E-state index contributed by atoms with van der Waals surface area (Å²) < 4.78 is 3.20. The summed E-state index contributed by atoms with van der Waals surface area (Å²) in [5.74, 6) is 0. The minimum Gasteiger partial charge on any atom is -0.381 e. The van der Waals surface area contributed by atoms with E-state index in [1.54, 1.807) is 52.4 Å². The Hall–Kier alpha value is -2.25. The number of benzene rings is 1. The van der Waals surface area contributed by atoms with Crippen LogP contribution in [0.25, 0.3) is 0 Å². The zero-order chi connectivity index (χ0) is 15.6. The quantitative estimate of drug-likeness (QED) is 0.774. The first-order chi connectivity index (χ1) is 10.6. The van der Waals surface area contributed by atoms with Crippen LogP contribution in [-0.4, -0.2) is 34.9 Å². The second-order valence-corrected chi connectivity index (χ2v) is 5.52. The molecule has 0 aliphatic rings. The first-order valence-corrected chi connectivity index (χ1v) is 7.14. The summed E-state index contributed by atoms with van der Waals surface area (Å²) in [6, 6.07) is 6.73. The molecule has 0 bridgehead atoms. The summed E-state index contributed by atoms with van der Waals surface area (Å²) in [6.07, 6.45) is 6.29. The zero-order valence-electron chi connectivity index (χ0n) is 11.9. The maximum absolute atomic E-state index is 11.4. The number of aliphatic hydroxyl groups is 1. The second-order valence-electron chi connectivity index (χ2n) is 5.08. The molecule has 3 aromatic rings. The summed E-state index contributed by atoms with van der Waals surface area (Å²) in [7, 11) is 0. The van der Waals surface area contributed by atoms with Crippen molar-refractivity contribution in [3.63, 3.8) is 0 Å². The molecule has 0 aliphatic heterocycles. The largest absolute Gasteiger partial charge is 0.381 e. The minimum absolute atomic E-state index is 0.232. The van der Waals surface area contributed by atoms with Crippen LogP contribution in [0.1, 0.15) is 18.5 Å². The van der Waals surface area contributed by atoms with E-state index in [0.717, 1.165) is 5.56 Å². The molecule has 1 aromatic carbocycles. The molecule has 0 fully saturated rings. The minimum atomic E-state index is -1.24. The van der Waals surface area contributed by atoms with Crippen molar-refractivity contribution in [2.75, 3.05) is 0 Å². The van der Waals surface area contributed by atoms with Gasteiger partial charge < -0.3 is 5.11 Å². The molecule has 7 nitrogen and oxygen atoms in total. The van der Waals surface area contributed by atoms with Crippen molar-refractivity contribution in [3.8, 4) is 0 Å². The second kappa shape index (κ2) is 5.86. The van der Waals surface area contributed by atoms with Crippen molar-refractivity contribution in [3.05, 3.63) is 59.9 Å². The third-order valence-corrected chi connectivity index (χ3v) is 3.99. The summed E-state index contributed by atoms with van der Waals surface area (Å²) in [5, 5.41) is 23.9. The molecule has 1 N–H and O–H groups in total. The lowest BCUT2D eigenvalue weighted by molar-refractivity contribution is -0.0345. The molecule has 0 radical (unpaired) electrons. The van der Waals surface area contributed by atoms with Crippen LogP contribution >= 0.6 is 11.6 Å². The molecular weight excluding hydrogens is 304 g/mol. The van der Waals surface area contributed by atoms with E-state index >= 15 is 0 Å². The molecule has 3 rings (SSSR count). The topological polar surface area (TPSA) is 81.6 Å². The van der Waals surface area contributed by atoms with Crippen LogP contribution in [0.2, 0.25) is 5.02 Å². The van der Waals surface area contributed by atoms with E-state index in [1.807, 2.05) is 6.92 Å². The zero-order valence-corrected chi connectivity index (χ0v) is 12.7. The number of hydrogen-bond acceptors (Lipinski definition) is 5. The molecule has 0 saturated heterocycles. The lowest BCUT2D eigenvalue weighted by atomic mass is 9.87. The van der Waals surface area contributed by atoms with Gasteiger partial charge in [-0.1, -0.05) is 28.9 Å². The van der Waals surface area contributed by atoms with E-state index < -0.39 is 5.60 Å². The monoisotopic (exact) mass is 318 g/mol. The van der Waals surface area contributed by atoms with Crippen molar-refractivity contribution < 1.29 is 5.11 Å². The Morgan fingerprint density at radius 1 is 1.32 bits per heavy atom. The van der Waals surface area contributed by atoms with Crippen LogP contribution in [-0.2, 0) is 12.1 Å². The highest BCUT2D eigenvalue weighted by molar-refractivity contribution is 6.30. The average molecular weight is 319 g/mol. The maximum Gasteiger partial charge on any atom is 0.137 e. The fourth-order valence-electron chi connectivity index (χ4n) is 2.41. The van der Waals surface area contributed by atoms with E-state index in [2.05, 4.69) is 20.4 Å². The molecule has 0 aliphatic carbocycles. The first-order valence-electron chi connectivity index (χ1n) is 6.76. The number of hydrogen-bond donors (Lipinski definition) is 1. The molecule has 114 valence electrons. The molecule has 0 spiro atoms. The van der Waals surface area contributed by atoms with E-state index in [4.69, 9.17) is 11.6 Å². The molecule has 8 heteroatoms. The Morgan fingerprint density at radius 3 is 2.68 bits per heavy atom. The lowest BCUT2D eigenvalue weighted by Crippen LogP contribution is -2.40. The fourth-order valence-corrected chi connectivity index (χ4v) is 2.53. The van der Waals surface area contributed by atoms with Crippen LogP contribution in [0.4, 0.5) is 0 Å². The first kappa shape index (κ1) is 14.7. The molecule has 2 atom stereocenters. The van der Waals surface area contributed by atoms with Crippen molar-refractivity contribution in [1.29, 1.82) is 0 Å². The van der Waals surface area contributed by atoms with Gasteiger partial charge in [-0.05, 0) is 24.6 Å². The van der Waals surface area contributed by atoms with Crippen LogP contribution in [0.3, 0.4) is 0 Å². The predicted molar refractivity (Wildman–Crippen MR) is 80.1 cm³/mol. The highest BCUT2D eigenvalue weighted by Crippen LogP contribution is 2.34. The number of aromatic nitrogens is 6. The number of halogens is 1. The van der Waals surface area contributed by atoms with Crippen molar-refractivity contribution in [1.82, 2.24) is 29.8 Å². The smallest absolute Gasteiger partial charge is 0.137 e. The van der Waals surface area contributed by atoms with Crippen molar-refractivity contribution >= 4 is 11.6 Å². The van der Waals surface area contributed by atoms with Gasteiger partial charge in [-0.2, -0.15) is 5.10 Å². The van der Waals surface area contributed by atoms with E-state index in [9.17, 15) is 5.11 Å². The Labute approximate surface area is 132 Å². The Balaban J connectivity index is 2.02. The fraction of sp³-hybridized carbons (Fsp3) is 0.286. The molecule has 0 saturated carbocycles. The summed E-state index contributed by atoms with van der Waals surface area (Å²) in [5.41, 5.74) is -0.526. The van der Waals surface area contributed by atoms with Gasteiger partial charge in [0, 0.05) is 11.2 Å². The van der Waals surface area contributed by atoms with Crippen molar-refractivity contribution in [2.24, 2.45) is 0 Å². The van der Waals surface area contributed by atoms with Crippen molar-refractivity contribution in [2.45, 2.75) is 25.1 Å². The van der Waals surface area contributed by atoms with Gasteiger partial charge >= 0.3 is 0 Å². The number of rotatable bonds is 5. The van der Waals surface area contributed by atoms with Gasteiger partial charge in [-0.3, -0.25) is 0 Å². The maximum atomic E-state index is 11.4. The third kappa shape index (κ3) is 2.72. The van der Waals surface area contributed by atoms with Crippen LogP contribution in [0.5, 0.6) is 0 Å². The van der Waals surface area contributed by atoms with Crippen LogP contribution in [0.15, 0.2) is 49.3 Å². The van der Waals surface area contributed by atoms with Crippen LogP contribution in [0, 0.1) is 0 Å². The van der Waals surface area contributed by atoms with E-state index in [-0.39, 0.29) is 12.6 Å². The van der Waals surface area contributed by atoms with Gasteiger partial charge in [0.05, 0.1) is 18.8 Å². The highest BCUT2D eigenvalue weighted by Gasteiger charge is 2.38. The average Bonchev–Trinajstić information content (AvgIpc) is 3.20. The molecule has 2 aromatic heterocycles. The third-order valence-electron chi connectivity index (χ3n) is 3.74. The molecule has 0 unspecified atom stereocenters. The summed E-state index contributed by atoms with van der Waals surface area (Å²) in [6.45, 7) is 2.11. The van der Waals surface area contributed by atoms with Gasteiger partial charge in [-0.25, -0.2) is 14.3 Å². The molecule has 22 heavy (non-hydrogen) atoms. The van der Waals surface area contributed by atoms with Gasteiger partial charge in [0.1, 0.15) is 18.3 Å². The normalized spacial score (nSPS) is 15.4. The molecular formula is C14H15ClN6O.